The van der Waals surface area contributed by atoms with Crippen LogP contribution < -0.4 is 5.32 Å². The Hall–Kier alpha value is -0.380. The highest BCUT2D eigenvalue weighted by Gasteiger charge is 2.41. The van der Waals surface area contributed by atoms with Crippen molar-refractivity contribution in [2.75, 3.05) is 0 Å². The number of fused-ring (bicyclic) bond motifs is 2. The maximum absolute atomic E-state index is 11.0. The minimum atomic E-state index is -4.58. The summed E-state index contributed by atoms with van der Waals surface area (Å²) in [5.41, 5.74) is -1.12. The summed E-state index contributed by atoms with van der Waals surface area (Å²) < 4.78 is 10.6. The summed E-state index contributed by atoms with van der Waals surface area (Å²) in [4.78, 5) is 28.3. The highest BCUT2D eigenvalue weighted by molar-refractivity contribution is 7.69. The van der Waals surface area contributed by atoms with Gasteiger partial charge in [0.15, 0.2) is 0 Å². The molecule has 0 heterocycles. The van der Waals surface area contributed by atoms with Crippen LogP contribution in [0.3, 0.4) is 0 Å². The first-order chi connectivity index (χ1) is 6.47. The van der Waals surface area contributed by atoms with Crippen molar-refractivity contribution in [3.63, 3.8) is 0 Å². The van der Waals surface area contributed by atoms with Crippen molar-refractivity contribution in [2.45, 2.75) is 31.7 Å². The van der Waals surface area contributed by atoms with Crippen LogP contribution in [0.25, 0.3) is 0 Å². The Morgan fingerprint density at radius 3 is 2.43 bits per heavy atom. The fraction of sp³-hybridized carbons (Fsp3) is 0.875. The molecule has 0 aromatic rings. The van der Waals surface area contributed by atoms with Crippen LogP contribution >= 0.6 is 7.60 Å². The van der Waals surface area contributed by atoms with Crippen LogP contribution in [0.2, 0.25) is 0 Å². The maximum Gasteiger partial charge on any atom is 0.413 e. The van der Waals surface area contributed by atoms with Gasteiger partial charge in [-0.2, -0.15) is 0 Å². The first kappa shape index (κ1) is 10.1. The van der Waals surface area contributed by atoms with Gasteiger partial charge in [-0.25, -0.2) is 4.57 Å². The molecule has 0 spiro atoms. The first-order valence-electron chi connectivity index (χ1n) is 4.83. The lowest BCUT2D eigenvalue weighted by Crippen LogP contribution is -2.37. The predicted molar refractivity (Wildman–Crippen MR) is 49.8 cm³/mol. The molecule has 2 aliphatic rings. The van der Waals surface area contributed by atoms with Crippen LogP contribution in [0.1, 0.15) is 25.7 Å². The van der Waals surface area contributed by atoms with Gasteiger partial charge in [-0.15, -0.1) is 0 Å². The number of carbonyl (C=O) groups is 1. The number of carbonyl (C=O) groups excluding carboxylic acids is 1. The summed E-state index contributed by atoms with van der Waals surface area (Å²) in [6.07, 6.45) is 4.27. The van der Waals surface area contributed by atoms with Crippen LogP contribution in [0.5, 0.6) is 0 Å². The van der Waals surface area contributed by atoms with E-state index < -0.39 is 13.2 Å². The molecule has 2 bridgehead atoms. The molecule has 1 amide bonds. The number of rotatable bonds is 2. The van der Waals surface area contributed by atoms with Gasteiger partial charge in [0.25, 0.3) is 0 Å². The summed E-state index contributed by atoms with van der Waals surface area (Å²) in [5.74, 6) is 1.09. The lowest BCUT2D eigenvalue weighted by atomic mass is 9.96. The molecule has 3 unspecified atom stereocenters. The fourth-order valence-electron chi connectivity index (χ4n) is 2.66. The van der Waals surface area contributed by atoms with Crippen molar-refractivity contribution in [3.05, 3.63) is 0 Å². The van der Waals surface area contributed by atoms with E-state index in [1.54, 1.807) is 0 Å². The number of hydrogen-bond donors (Lipinski definition) is 3. The van der Waals surface area contributed by atoms with E-state index in [1.807, 2.05) is 0 Å². The summed E-state index contributed by atoms with van der Waals surface area (Å²) in [5, 5.41) is 2.45. The van der Waals surface area contributed by atoms with Gasteiger partial charge in [0.05, 0.1) is 0 Å². The van der Waals surface area contributed by atoms with E-state index in [9.17, 15) is 9.36 Å². The van der Waals surface area contributed by atoms with E-state index in [4.69, 9.17) is 9.79 Å². The minimum absolute atomic E-state index is 0.00567. The van der Waals surface area contributed by atoms with Crippen LogP contribution in [-0.2, 0) is 4.57 Å². The second-order valence-corrected chi connectivity index (χ2v) is 5.77. The molecule has 6 heteroatoms. The monoisotopic (exact) mass is 219 g/mol. The maximum atomic E-state index is 11.0. The van der Waals surface area contributed by atoms with Gasteiger partial charge in [-0.1, -0.05) is 6.42 Å². The number of amides is 1. The van der Waals surface area contributed by atoms with Gasteiger partial charge < -0.3 is 15.1 Å². The molecule has 3 atom stereocenters. The van der Waals surface area contributed by atoms with Gasteiger partial charge >= 0.3 is 13.2 Å². The quantitative estimate of drug-likeness (QED) is 0.606. The Bertz CT molecular complexity index is 300. The van der Waals surface area contributed by atoms with Gasteiger partial charge in [0.2, 0.25) is 0 Å². The third kappa shape index (κ3) is 1.85. The SMILES string of the molecule is O=C(NC1CC2CCC1C2)P(=O)(O)O. The Morgan fingerprint density at radius 2 is 2.00 bits per heavy atom. The molecule has 80 valence electrons. The third-order valence-corrected chi connectivity index (χ3v) is 3.97. The van der Waals surface area contributed by atoms with E-state index in [1.165, 1.54) is 6.42 Å². The van der Waals surface area contributed by atoms with E-state index in [2.05, 4.69) is 5.32 Å². The molecule has 0 radical (unpaired) electrons. The zero-order valence-electron chi connectivity index (χ0n) is 7.72. The Labute approximate surface area is 82.0 Å². The molecule has 0 aromatic carbocycles. The Kier molecular flexibility index (Phi) is 2.41. The molecule has 2 aliphatic carbocycles. The van der Waals surface area contributed by atoms with Crippen molar-refractivity contribution < 1.29 is 19.1 Å². The van der Waals surface area contributed by atoms with Gasteiger partial charge in [0.1, 0.15) is 0 Å². The normalized spacial score (nSPS) is 36.0. The zero-order valence-corrected chi connectivity index (χ0v) is 8.61. The lowest BCUT2D eigenvalue weighted by molar-refractivity contribution is 0.239. The van der Waals surface area contributed by atoms with Gasteiger partial charge in [-0.3, -0.25) is 4.79 Å². The van der Waals surface area contributed by atoms with Gasteiger partial charge in [-0.05, 0) is 31.1 Å². The van der Waals surface area contributed by atoms with Crippen molar-refractivity contribution in [2.24, 2.45) is 11.8 Å². The molecule has 0 aliphatic heterocycles. The van der Waals surface area contributed by atoms with Crippen molar-refractivity contribution in [1.82, 2.24) is 5.32 Å². The molecular formula is C8H14NO4P. The van der Waals surface area contributed by atoms with Crippen LogP contribution in [0, 0.1) is 11.8 Å². The fourth-order valence-corrected chi connectivity index (χ4v) is 3.00. The second-order valence-electron chi connectivity index (χ2n) is 4.27. The Balaban J connectivity index is 1.93. The topological polar surface area (TPSA) is 86.6 Å². The van der Waals surface area contributed by atoms with Crippen LogP contribution in [0.15, 0.2) is 0 Å². The largest absolute Gasteiger partial charge is 0.413 e. The van der Waals surface area contributed by atoms with E-state index in [-0.39, 0.29) is 6.04 Å². The first-order valence-corrected chi connectivity index (χ1v) is 6.44. The van der Waals surface area contributed by atoms with Crippen molar-refractivity contribution in [3.8, 4) is 0 Å². The zero-order chi connectivity index (χ0) is 10.3. The average molecular weight is 219 g/mol. The minimum Gasteiger partial charge on any atom is -0.343 e. The highest BCUT2D eigenvalue weighted by Crippen LogP contribution is 2.45. The van der Waals surface area contributed by atoms with Crippen molar-refractivity contribution in [1.29, 1.82) is 0 Å². The van der Waals surface area contributed by atoms with E-state index >= 15 is 0 Å². The molecule has 2 rings (SSSR count). The number of nitrogens with one attached hydrogen (secondary N) is 1. The molecule has 2 fully saturated rings. The Morgan fingerprint density at radius 1 is 1.29 bits per heavy atom. The van der Waals surface area contributed by atoms with Gasteiger partial charge in [0, 0.05) is 6.04 Å². The summed E-state index contributed by atoms with van der Waals surface area (Å²) >= 11 is 0. The molecule has 0 aromatic heterocycles. The van der Waals surface area contributed by atoms with Crippen LogP contribution in [-0.4, -0.2) is 21.5 Å². The second kappa shape index (κ2) is 3.33. The molecule has 14 heavy (non-hydrogen) atoms. The molecule has 5 nitrogen and oxygen atoms in total. The average Bonchev–Trinajstić information content (AvgIpc) is 2.62. The molecular weight excluding hydrogens is 205 g/mol. The smallest absolute Gasteiger partial charge is 0.343 e. The van der Waals surface area contributed by atoms with Crippen molar-refractivity contribution >= 4 is 13.2 Å². The standard InChI is InChI=1S/C8H14NO4P/c10-8(14(11,12)13)9-7-4-5-1-2-6(7)3-5/h5-7H,1-4H2,(H,9,10)(H2,11,12,13). The summed E-state index contributed by atoms with van der Waals surface area (Å²) in [7, 11) is -4.58. The number of hydrogen-bond acceptors (Lipinski definition) is 2. The lowest BCUT2D eigenvalue weighted by Gasteiger charge is -2.22. The van der Waals surface area contributed by atoms with E-state index in [0.717, 1.165) is 19.3 Å². The predicted octanol–water partition coefficient (Wildman–Crippen LogP) is 1.06. The molecule has 2 saturated carbocycles. The summed E-state index contributed by atoms with van der Waals surface area (Å²) in [6, 6.07) is -0.00567. The van der Waals surface area contributed by atoms with Crippen LogP contribution in [0.4, 0.5) is 4.79 Å². The molecule has 3 N–H and O–H groups in total. The summed E-state index contributed by atoms with van der Waals surface area (Å²) in [6.45, 7) is 0. The van der Waals surface area contributed by atoms with E-state index in [0.29, 0.717) is 11.8 Å². The third-order valence-electron chi connectivity index (χ3n) is 3.31. The highest BCUT2D eigenvalue weighted by atomic mass is 31.2. The molecule has 0 saturated heterocycles.